The molecule has 1 aromatic rings. The first kappa shape index (κ1) is 11.4. The van der Waals surface area contributed by atoms with Crippen LogP contribution in [0.1, 0.15) is 25.7 Å². The van der Waals surface area contributed by atoms with Gasteiger partial charge in [0.25, 0.3) is 0 Å². The van der Waals surface area contributed by atoms with Gasteiger partial charge in [0, 0.05) is 25.4 Å². The van der Waals surface area contributed by atoms with Gasteiger partial charge in [-0.15, -0.1) is 0 Å². The molecule has 96 valence electrons. The SMILES string of the molecule is O=[N+]([O-])c1cccnc1N(CC1CC1)CC1CC1. The van der Waals surface area contributed by atoms with Crippen molar-refractivity contribution in [3.8, 4) is 0 Å². The Balaban J connectivity index is 1.84. The van der Waals surface area contributed by atoms with Crippen molar-refractivity contribution in [2.45, 2.75) is 25.7 Å². The van der Waals surface area contributed by atoms with Gasteiger partial charge in [0.15, 0.2) is 0 Å². The first-order valence-electron chi connectivity index (χ1n) is 6.58. The molecule has 0 atom stereocenters. The van der Waals surface area contributed by atoms with Crippen LogP contribution in [0.3, 0.4) is 0 Å². The zero-order valence-corrected chi connectivity index (χ0v) is 10.3. The van der Waals surface area contributed by atoms with Gasteiger partial charge in [-0.2, -0.15) is 0 Å². The average molecular weight is 247 g/mol. The molecule has 0 aliphatic heterocycles. The van der Waals surface area contributed by atoms with Gasteiger partial charge < -0.3 is 4.90 Å². The fraction of sp³-hybridized carbons (Fsp3) is 0.615. The van der Waals surface area contributed by atoms with Gasteiger partial charge in [-0.25, -0.2) is 4.98 Å². The van der Waals surface area contributed by atoms with Crippen molar-refractivity contribution in [2.75, 3.05) is 18.0 Å². The predicted octanol–water partition coefficient (Wildman–Crippen LogP) is 2.62. The number of aromatic nitrogens is 1. The molecule has 0 saturated heterocycles. The van der Waals surface area contributed by atoms with E-state index in [1.807, 2.05) is 0 Å². The molecule has 0 N–H and O–H groups in total. The summed E-state index contributed by atoms with van der Waals surface area (Å²) < 4.78 is 0. The topological polar surface area (TPSA) is 59.3 Å². The highest BCUT2D eigenvalue weighted by Gasteiger charge is 2.32. The molecule has 0 unspecified atom stereocenters. The summed E-state index contributed by atoms with van der Waals surface area (Å²) in [5, 5.41) is 11.1. The lowest BCUT2D eigenvalue weighted by Gasteiger charge is -2.23. The summed E-state index contributed by atoms with van der Waals surface area (Å²) in [6.45, 7) is 1.85. The molecule has 1 aromatic heterocycles. The highest BCUT2D eigenvalue weighted by Crippen LogP contribution is 2.37. The molecular formula is C13H17N3O2. The molecule has 2 saturated carbocycles. The lowest BCUT2D eigenvalue weighted by atomic mass is 10.2. The fourth-order valence-corrected chi connectivity index (χ4v) is 2.25. The minimum absolute atomic E-state index is 0.138. The molecule has 18 heavy (non-hydrogen) atoms. The van der Waals surface area contributed by atoms with Crippen LogP contribution in [0.2, 0.25) is 0 Å². The molecule has 0 aromatic carbocycles. The molecule has 5 heteroatoms. The van der Waals surface area contributed by atoms with E-state index in [2.05, 4.69) is 9.88 Å². The van der Waals surface area contributed by atoms with Crippen LogP contribution >= 0.6 is 0 Å². The smallest absolute Gasteiger partial charge is 0.311 e. The standard InChI is InChI=1S/C13H17N3O2/c17-16(18)12-2-1-7-14-13(12)15(8-10-3-4-10)9-11-5-6-11/h1-2,7,10-11H,3-6,8-9H2. The summed E-state index contributed by atoms with van der Waals surface area (Å²) in [6, 6.07) is 3.18. The molecular weight excluding hydrogens is 230 g/mol. The Kier molecular flexibility index (Phi) is 2.89. The second-order valence-electron chi connectivity index (χ2n) is 5.39. The number of rotatable bonds is 6. The molecule has 0 bridgehead atoms. The van der Waals surface area contributed by atoms with Gasteiger partial charge in [-0.1, -0.05) is 0 Å². The zero-order chi connectivity index (χ0) is 12.5. The quantitative estimate of drug-likeness (QED) is 0.572. The number of pyridine rings is 1. The third-order valence-electron chi connectivity index (χ3n) is 3.61. The number of hydrogen-bond donors (Lipinski definition) is 0. The van der Waals surface area contributed by atoms with Crippen LogP contribution in [0.25, 0.3) is 0 Å². The van der Waals surface area contributed by atoms with E-state index in [-0.39, 0.29) is 10.6 Å². The Hall–Kier alpha value is -1.65. The Labute approximate surface area is 106 Å². The first-order valence-corrected chi connectivity index (χ1v) is 6.58. The van der Waals surface area contributed by atoms with E-state index in [0.29, 0.717) is 17.7 Å². The molecule has 0 spiro atoms. The maximum absolute atomic E-state index is 11.1. The number of nitrogens with zero attached hydrogens (tertiary/aromatic N) is 3. The van der Waals surface area contributed by atoms with Crippen molar-refractivity contribution in [1.29, 1.82) is 0 Å². The Bertz CT molecular complexity index is 441. The summed E-state index contributed by atoms with van der Waals surface area (Å²) in [5.74, 6) is 1.98. The minimum Gasteiger partial charge on any atom is -0.350 e. The third-order valence-corrected chi connectivity index (χ3v) is 3.61. The number of hydrogen-bond acceptors (Lipinski definition) is 4. The third kappa shape index (κ3) is 2.60. The van der Waals surface area contributed by atoms with E-state index < -0.39 is 0 Å². The Morgan fingerprint density at radius 3 is 2.39 bits per heavy atom. The highest BCUT2D eigenvalue weighted by molar-refractivity contribution is 5.57. The highest BCUT2D eigenvalue weighted by atomic mass is 16.6. The summed E-state index contributed by atoms with van der Waals surface area (Å²) in [7, 11) is 0. The second-order valence-corrected chi connectivity index (χ2v) is 5.39. The Morgan fingerprint density at radius 1 is 1.28 bits per heavy atom. The van der Waals surface area contributed by atoms with Crippen LogP contribution in [0.4, 0.5) is 11.5 Å². The van der Waals surface area contributed by atoms with E-state index in [4.69, 9.17) is 0 Å². The van der Waals surface area contributed by atoms with Gasteiger partial charge in [-0.05, 0) is 43.6 Å². The van der Waals surface area contributed by atoms with Crippen molar-refractivity contribution < 1.29 is 4.92 Å². The minimum atomic E-state index is -0.324. The largest absolute Gasteiger partial charge is 0.350 e. The molecule has 0 radical (unpaired) electrons. The van der Waals surface area contributed by atoms with Crippen LogP contribution in [-0.2, 0) is 0 Å². The lowest BCUT2D eigenvalue weighted by Crippen LogP contribution is -2.29. The summed E-state index contributed by atoms with van der Waals surface area (Å²) in [6.07, 6.45) is 6.66. The molecule has 3 rings (SSSR count). The van der Waals surface area contributed by atoms with Crippen LogP contribution < -0.4 is 4.90 Å². The average Bonchev–Trinajstić information content (AvgIpc) is 3.23. The zero-order valence-electron chi connectivity index (χ0n) is 10.3. The Morgan fingerprint density at radius 2 is 1.89 bits per heavy atom. The van der Waals surface area contributed by atoms with Gasteiger partial charge >= 0.3 is 5.69 Å². The number of anilines is 1. The molecule has 2 aliphatic rings. The van der Waals surface area contributed by atoms with Crippen molar-refractivity contribution in [2.24, 2.45) is 11.8 Å². The maximum atomic E-state index is 11.1. The van der Waals surface area contributed by atoms with Crippen LogP contribution in [0.15, 0.2) is 18.3 Å². The fourth-order valence-electron chi connectivity index (χ4n) is 2.25. The summed E-state index contributed by atoms with van der Waals surface area (Å²) >= 11 is 0. The van der Waals surface area contributed by atoms with E-state index in [0.717, 1.165) is 13.1 Å². The normalized spacial score (nSPS) is 18.7. The van der Waals surface area contributed by atoms with Crippen LogP contribution in [-0.4, -0.2) is 23.0 Å². The molecule has 1 heterocycles. The van der Waals surface area contributed by atoms with Crippen LogP contribution in [0.5, 0.6) is 0 Å². The van der Waals surface area contributed by atoms with E-state index in [1.165, 1.54) is 25.7 Å². The summed E-state index contributed by atoms with van der Waals surface area (Å²) in [4.78, 5) is 17.1. The van der Waals surface area contributed by atoms with E-state index in [1.54, 1.807) is 18.3 Å². The molecule has 0 amide bonds. The van der Waals surface area contributed by atoms with Gasteiger partial charge in [-0.3, -0.25) is 10.1 Å². The lowest BCUT2D eigenvalue weighted by molar-refractivity contribution is -0.384. The maximum Gasteiger partial charge on any atom is 0.311 e. The van der Waals surface area contributed by atoms with Gasteiger partial charge in [0.05, 0.1) is 4.92 Å². The van der Waals surface area contributed by atoms with E-state index in [9.17, 15) is 10.1 Å². The molecule has 5 nitrogen and oxygen atoms in total. The molecule has 2 aliphatic carbocycles. The van der Waals surface area contributed by atoms with Crippen molar-refractivity contribution in [3.05, 3.63) is 28.4 Å². The van der Waals surface area contributed by atoms with Crippen molar-refractivity contribution >= 4 is 11.5 Å². The van der Waals surface area contributed by atoms with E-state index >= 15 is 0 Å². The van der Waals surface area contributed by atoms with Gasteiger partial charge in [0.2, 0.25) is 5.82 Å². The van der Waals surface area contributed by atoms with Crippen molar-refractivity contribution in [1.82, 2.24) is 4.98 Å². The van der Waals surface area contributed by atoms with Gasteiger partial charge in [0.1, 0.15) is 0 Å². The second kappa shape index (κ2) is 4.55. The van der Waals surface area contributed by atoms with Crippen LogP contribution in [0, 0.1) is 22.0 Å². The number of nitro groups is 1. The summed E-state index contributed by atoms with van der Waals surface area (Å²) in [5.41, 5.74) is 0.138. The molecule has 2 fully saturated rings. The predicted molar refractivity (Wildman–Crippen MR) is 68.6 cm³/mol. The van der Waals surface area contributed by atoms with Crippen molar-refractivity contribution in [3.63, 3.8) is 0 Å². The first-order chi connectivity index (χ1) is 8.74. The monoisotopic (exact) mass is 247 g/mol.